The van der Waals surface area contributed by atoms with Gasteiger partial charge in [-0.3, -0.25) is 10.1 Å². The van der Waals surface area contributed by atoms with Crippen LogP contribution < -0.4 is 4.90 Å². The number of nitro groups is 1. The Morgan fingerprint density at radius 3 is 2.78 bits per heavy atom. The van der Waals surface area contributed by atoms with Gasteiger partial charge in [-0.1, -0.05) is 0 Å². The number of hydrogen-bond donors (Lipinski definition) is 2. The monoisotopic (exact) mass is 252 g/mol. The number of aliphatic hydroxyl groups is 2. The molecule has 0 amide bonds. The van der Waals surface area contributed by atoms with Crippen molar-refractivity contribution < 1.29 is 15.1 Å². The minimum absolute atomic E-state index is 0.0336. The van der Waals surface area contributed by atoms with Gasteiger partial charge in [0.05, 0.1) is 17.1 Å². The van der Waals surface area contributed by atoms with E-state index in [2.05, 4.69) is 0 Å². The first kappa shape index (κ1) is 12.8. The number of nitro benzene ring substituents is 1. The highest BCUT2D eigenvalue weighted by Gasteiger charge is 2.32. The van der Waals surface area contributed by atoms with E-state index in [0.29, 0.717) is 25.1 Å². The summed E-state index contributed by atoms with van der Waals surface area (Å²) in [7, 11) is 0. The van der Waals surface area contributed by atoms with Gasteiger partial charge in [0.25, 0.3) is 5.69 Å². The van der Waals surface area contributed by atoms with E-state index in [-0.39, 0.29) is 12.3 Å². The van der Waals surface area contributed by atoms with Crippen molar-refractivity contribution in [1.29, 1.82) is 0 Å². The van der Waals surface area contributed by atoms with E-state index in [1.54, 1.807) is 13.0 Å². The highest BCUT2D eigenvalue weighted by molar-refractivity contribution is 5.58. The number of hydrogen-bond acceptors (Lipinski definition) is 5. The van der Waals surface area contributed by atoms with Crippen LogP contribution in [-0.2, 0) is 6.61 Å². The summed E-state index contributed by atoms with van der Waals surface area (Å²) in [5.74, 6) is 0. The molecule has 6 nitrogen and oxygen atoms in total. The quantitative estimate of drug-likeness (QED) is 0.620. The van der Waals surface area contributed by atoms with E-state index in [4.69, 9.17) is 0 Å². The molecule has 1 saturated heterocycles. The standard InChI is InChI=1S/C12H16N2O4/c1-12(16)4-5-13(8-12)11-3-2-10(14(17)18)6-9(11)7-15/h2-3,6,15-16H,4-5,7-8H2,1H3. The van der Waals surface area contributed by atoms with Crippen LogP contribution in [0.25, 0.3) is 0 Å². The van der Waals surface area contributed by atoms with Crippen molar-refractivity contribution >= 4 is 11.4 Å². The van der Waals surface area contributed by atoms with Crippen LogP contribution in [0, 0.1) is 10.1 Å². The molecule has 0 bridgehead atoms. The molecule has 1 aliphatic heterocycles. The molecule has 0 aliphatic carbocycles. The zero-order chi connectivity index (χ0) is 13.3. The van der Waals surface area contributed by atoms with Gasteiger partial charge >= 0.3 is 0 Å². The number of anilines is 1. The Balaban J connectivity index is 2.31. The topological polar surface area (TPSA) is 86.8 Å². The number of β-amino-alcohol motifs (C(OH)–C–C–N with tert-alkyl or cyclic N) is 1. The van der Waals surface area contributed by atoms with Crippen LogP contribution in [0.2, 0.25) is 0 Å². The van der Waals surface area contributed by atoms with Crippen LogP contribution in [-0.4, -0.2) is 33.8 Å². The Bertz CT molecular complexity index is 473. The van der Waals surface area contributed by atoms with Crippen LogP contribution >= 0.6 is 0 Å². The smallest absolute Gasteiger partial charge is 0.269 e. The second-order valence-corrected chi connectivity index (χ2v) is 4.90. The molecule has 1 fully saturated rings. The van der Waals surface area contributed by atoms with Crippen LogP contribution in [0.5, 0.6) is 0 Å². The van der Waals surface area contributed by atoms with E-state index in [0.717, 1.165) is 5.69 Å². The number of nitrogens with zero attached hydrogens (tertiary/aromatic N) is 2. The Kier molecular flexibility index (Phi) is 3.23. The minimum atomic E-state index is -0.742. The molecule has 0 saturated carbocycles. The highest BCUT2D eigenvalue weighted by atomic mass is 16.6. The first-order chi connectivity index (χ1) is 8.43. The van der Waals surface area contributed by atoms with Crippen molar-refractivity contribution in [2.45, 2.75) is 25.6 Å². The van der Waals surface area contributed by atoms with Gasteiger partial charge in [0.2, 0.25) is 0 Å². The Hall–Kier alpha value is -1.66. The van der Waals surface area contributed by atoms with Gasteiger partial charge in [-0.2, -0.15) is 0 Å². The number of rotatable bonds is 3. The lowest BCUT2D eigenvalue weighted by Crippen LogP contribution is -2.30. The molecule has 2 rings (SSSR count). The summed E-state index contributed by atoms with van der Waals surface area (Å²) >= 11 is 0. The molecule has 1 aliphatic rings. The minimum Gasteiger partial charge on any atom is -0.392 e. The molecule has 1 unspecified atom stereocenters. The van der Waals surface area contributed by atoms with Crippen LogP contribution in [0.15, 0.2) is 18.2 Å². The van der Waals surface area contributed by atoms with Crippen LogP contribution in [0.4, 0.5) is 11.4 Å². The molecule has 1 aromatic carbocycles. The zero-order valence-electron chi connectivity index (χ0n) is 10.2. The number of aliphatic hydroxyl groups excluding tert-OH is 1. The predicted molar refractivity (Wildman–Crippen MR) is 66.5 cm³/mol. The normalized spacial score (nSPS) is 23.4. The molecule has 0 radical (unpaired) electrons. The van der Waals surface area contributed by atoms with Crippen LogP contribution in [0.1, 0.15) is 18.9 Å². The molecule has 0 aromatic heterocycles. The van der Waals surface area contributed by atoms with Crippen molar-refractivity contribution in [3.63, 3.8) is 0 Å². The average molecular weight is 252 g/mol. The molecular formula is C12H16N2O4. The summed E-state index contributed by atoms with van der Waals surface area (Å²) in [6, 6.07) is 4.43. The van der Waals surface area contributed by atoms with E-state index in [9.17, 15) is 20.3 Å². The van der Waals surface area contributed by atoms with Gasteiger partial charge in [0.1, 0.15) is 0 Å². The largest absolute Gasteiger partial charge is 0.392 e. The summed E-state index contributed by atoms with van der Waals surface area (Å²) < 4.78 is 0. The maximum absolute atomic E-state index is 10.7. The SMILES string of the molecule is CC1(O)CCN(c2ccc([N+](=O)[O-])cc2CO)C1. The average Bonchev–Trinajstić information content (AvgIpc) is 2.68. The Labute approximate surface area is 105 Å². The summed E-state index contributed by atoms with van der Waals surface area (Å²) in [5.41, 5.74) is 0.491. The summed E-state index contributed by atoms with van der Waals surface area (Å²) in [6.45, 7) is 2.66. The van der Waals surface area contributed by atoms with Gasteiger partial charge in [0, 0.05) is 36.5 Å². The lowest BCUT2D eigenvalue weighted by molar-refractivity contribution is -0.384. The van der Waals surface area contributed by atoms with Crippen molar-refractivity contribution in [1.82, 2.24) is 0 Å². The van der Waals surface area contributed by atoms with Gasteiger partial charge in [0.15, 0.2) is 0 Å². The number of benzene rings is 1. The molecule has 1 heterocycles. The molecule has 0 spiro atoms. The first-order valence-electron chi connectivity index (χ1n) is 5.78. The van der Waals surface area contributed by atoms with Gasteiger partial charge in [-0.05, 0) is 19.4 Å². The zero-order valence-corrected chi connectivity index (χ0v) is 10.2. The molecule has 1 aromatic rings. The van der Waals surface area contributed by atoms with E-state index >= 15 is 0 Å². The maximum atomic E-state index is 10.7. The Morgan fingerprint density at radius 1 is 1.56 bits per heavy atom. The first-order valence-corrected chi connectivity index (χ1v) is 5.78. The predicted octanol–water partition coefficient (Wildman–Crippen LogP) is 1.05. The molecule has 6 heteroatoms. The third-order valence-corrected chi connectivity index (χ3v) is 3.24. The maximum Gasteiger partial charge on any atom is 0.269 e. The van der Waals surface area contributed by atoms with E-state index in [1.165, 1.54) is 12.1 Å². The van der Waals surface area contributed by atoms with Gasteiger partial charge in [-0.25, -0.2) is 0 Å². The van der Waals surface area contributed by atoms with Gasteiger partial charge < -0.3 is 15.1 Å². The lowest BCUT2D eigenvalue weighted by Gasteiger charge is -2.22. The fourth-order valence-electron chi connectivity index (χ4n) is 2.27. The van der Waals surface area contributed by atoms with Crippen LogP contribution in [0.3, 0.4) is 0 Å². The van der Waals surface area contributed by atoms with Crippen molar-refractivity contribution in [3.8, 4) is 0 Å². The Morgan fingerprint density at radius 2 is 2.28 bits per heavy atom. The number of non-ortho nitro benzene ring substituents is 1. The fourth-order valence-corrected chi connectivity index (χ4v) is 2.27. The van der Waals surface area contributed by atoms with Crippen molar-refractivity contribution in [3.05, 3.63) is 33.9 Å². The fraction of sp³-hybridized carbons (Fsp3) is 0.500. The van der Waals surface area contributed by atoms with Crippen molar-refractivity contribution in [2.24, 2.45) is 0 Å². The molecule has 18 heavy (non-hydrogen) atoms. The molecule has 98 valence electrons. The summed E-state index contributed by atoms with van der Waals surface area (Å²) in [6.07, 6.45) is 0.648. The molecule has 1 atom stereocenters. The third kappa shape index (κ3) is 2.44. The van der Waals surface area contributed by atoms with Gasteiger partial charge in [-0.15, -0.1) is 0 Å². The third-order valence-electron chi connectivity index (χ3n) is 3.24. The summed E-state index contributed by atoms with van der Waals surface area (Å²) in [4.78, 5) is 12.1. The second kappa shape index (κ2) is 4.55. The highest BCUT2D eigenvalue weighted by Crippen LogP contribution is 2.31. The summed E-state index contributed by atoms with van der Waals surface area (Å²) in [5, 5.41) is 29.9. The lowest BCUT2D eigenvalue weighted by atomic mass is 10.1. The van der Waals surface area contributed by atoms with Crippen molar-refractivity contribution in [2.75, 3.05) is 18.0 Å². The second-order valence-electron chi connectivity index (χ2n) is 4.90. The van der Waals surface area contributed by atoms with E-state index in [1.807, 2.05) is 4.90 Å². The molecular weight excluding hydrogens is 236 g/mol. The van der Waals surface area contributed by atoms with E-state index < -0.39 is 10.5 Å². The molecule has 2 N–H and O–H groups in total.